The van der Waals surface area contributed by atoms with E-state index in [4.69, 9.17) is 11.5 Å². The summed E-state index contributed by atoms with van der Waals surface area (Å²) in [5, 5.41) is 16.4. The van der Waals surface area contributed by atoms with Crippen molar-refractivity contribution >= 4 is 0 Å². The Morgan fingerprint density at radius 3 is 1.40 bits per heavy atom. The maximum Gasteiger partial charge on any atom is 2.00 e. The van der Waals surface area contributed by atoms with E-state index in [1.165, 1.54) is 116 Å². The van der Waals surface area contributed by atoms with Gasteiger partial charge in [-0.2, -0.15) is 19.4 Å². The number of nitrogens with one attached hydrogen (secondary N) is 5. The summed E-state index contributed by atoms with van der Waals surface area (Å²) >= 11 is 0. The molecule has 4 saturated heterocycles. The summed E-state index contributed by atoms with van der Waals surface area (Å²) in [6.07, 6.45) is 23.3. The molecule has 0 amide bonds. The molecule has 11 aliphatic rings. The van der Waals surface area contributed by atoms with E-state index >= 15 is 0 Å². The van der Waals surface area contributed by atoms with Crippen LogP contribution in [0.5, 0.6) is 0 Å². The first-order chi connectivity index (χ1) is 21.4. The van der Waals surface area contributed by atoms with E-state index in [0.717, 1.165) is 59.8 Å². The van der Waals surface area contributed by atoms with E-state index in [1.807, 2.05) is 13.5 Å². The minimum Gasteiger partial charge on any atom is -0.495 e. The second-order valence-electron chi connectivity index (χ2n) is 16.1. The third-order valence-corrected chi connectivity index (χ3v) is 11.9. The SMILES string of the molecule is C1C2CC3CNC3CC12.C1CC2CCNC2C1.CC1CN1.CCC1CN1.C[CH-]NC1[CH-]C1.NC1CC2CC2C1.NC1CCC1.[W+2].[W].[W].[W].[W].[W].[W].[W]. The molecule has 0 spiro atoms. The van der Waals surface area contributed by atoms with Crippen molar-refractivity contribution in [2.45, 2.75) is 159 Å². The van der Waals surface area contributed by atoms with E-state index in [2.05, 4.69) is 46.9 Å². The van der Waals surface area contributed by atoms with E-state index in [1.54, 1.807) is 12.8 Å². The zero-order valence-electron chi connectivity index (χ0n) is 32.0. The number of fused-ring (bicyclic) bond motifs is 4. The molecule has 7 nitrogen and oxygen atoms in total. The van der Waals surface area contributed by atoms with Gasteiger partial charge in [0.25, 0.3) is 0 Å². The van der Waals surface area contributed by atoms with Gasteiger partial charge in [-0.25, -0.2) is 0 Å². The van der Waals surface area contributed by atoms with Gasteiger partial charge in [-0.3, -0.25) is 6.54 Å². The molecule has 15 heteroatoms. The minimum absolute atomic E-state index is 0. The van der Waals surface area contributed by atoms with Crippen molar-refractivity contribution in [1.29, 1.82) is 0 Å². The Balaban J connectivity index is -0.000000256. The Hall–Kier alpha value is 5.23. The van der Waals surface area contributed by atoms with E-state index < -0.39 is 0 Å². The third-order valence-electron chi connectivity index (χ3n) is 11.9. The van der Waals surface area contributed by atoms with Gasteiger partial charge in [0.1, 0.15) is 0 Å². The van der Waals surface area contributed by atoms with Gasteiger partial charge in [0.2, 0.25) is 0 Å². The number of hydrogen-bond donors (Lipinski definition) is 7. The average Bonchev–Trinajstić information content (AvgIpc) is 3.74. The molecule has 11 rings (SSSR count). The van der Waals surface area contributed by atoms with Gasteiger partial charge in [0.15, 0.2) is 0 Å². The zero-order valence-corrected chi connectivity index (χ0v) is 55.5. The van der Waals surface area contributed by atoms with Crippen molar-refractivity contribution in [1.82, 2.24) is 26.6 Å². The summed E-state index contributed by atoms with van der Waals surface area (Å²) < 4.78 is 0. The summed E-state index contributed by atoms with van der Waals surface area (Å²) in [7, 11) is 0. The number of hydrogen-bond acceptors (Lipinski definition) is 7. The molecule has 0 aromatic rings. The largest absolute Gasteiger partial charge is 2.00 e. The monoisotopic (exact) mass is 2090 g/mol. The molecular formula is C37H71N7W8. The molecular weight excluding hydrogens is 2010 g/mol. The van der Waals surface area contributed by atoms with Gasteiger partial charge >= 0.3 is 21.1 Å². The van der Waals surface area contributed by atoms with Crippen LogP contribution in [0.4, 0.5) is 0 Å². The van der Waals surface area contributed by atoms with Crippen LogP contribution in [0.25, 0.3) is 0 Å². The predicted molar refractivity (Wildman–Crippen MR) is 186 cm³/mol. The zero-order chi connectivity index (χ0) is 30.9. The van der Waals surface area contributed by atoms with Crippen LogP contribution >= 0.6 is 0 Å². The summed E-state index contributed by atoms with van der Waals surface area (Å²) in [6.45, 7) is 13.5. The first-order valence-electron chi connectivity index (χ1n) is 19.2. The van der Waals surface area contributed by atoms with Crippen molar-refractivity contribution in [2.75, 3.05) is 26.2 Å². The van der Waals surface area contributed by atoms with Crippen LogP contribution in [-0.4, -0.2) is 68.5 Å². The molecule has 11 atom stereocenters. The van der Waals surface area contributed by atoms with Crippen LogP contribution in [0.15, 0.2) is 0 Å². The fraction of sp³-hybridized carbons (Fsp3) is 0.946. The Morgan fingerprint density at radius 2 is 1.12 bits per heavy atom. The third kappa shape index (κ3) is 26.5. The van der Waals surface area contributed by atoms with Gasteiger partial charge in [-0.15, -0.1) is 0 Å². The second-order valence-corrected chi connectivity index (χ2v) is 16.1. The first kappa shape index (κ1) is 63.9. The van der Waals surface area contributed by atoms with Crippen molar-refractivity contribution < 1.29 is 169 Å². The first-order valence-corrected chi connectivity index (χ1v) is 19.2. The molecule has 0 aromatic carbocycles. The van der Waals surface area contributed by atoms with Gasteiger partial charge in [0.05, 0.1) is 0 Å². The molecule has 0 aromatic heterocycles. The topological polar surface area (TPSA) is 132 Å². The Labute approximate surface area is 434 Å². The van der Waals surface area contributed by atoms with Gasteiger partial charge in [0, 0.05) is 197 Å². The minimum atomic E-state index is 0. The smallest absolute Gasteiger partial charge is 0.495 e. The number of rotatable bonds is 3. The average molecular weight is 2080 g/mol. The van der Waals surface area contributed by atoms with Crippen LogP contribution in [0, 0.1) is 48.5 Å². The van der Waals surface area contributed by atoms with Gasteiger partial charge in [-0.1, -0.05) is 19.8 Å². The summed E-state index contributed by atoms with van der Waals surface area (Å²) in [5.41, 5.74) is 11.0. The van der Waals surface area contributed by atoms with Crippen LogP contribution in [0.2, 0.25) is 0 Å². The quantitative estimate of drug-likeness (QED) is 0.164. The van der Waals surface area contributed by atoms with Crippen LogP contribution in [0.1, 0.15) is 117 Å². The fourth-order valence-electron chi connectivity index (χ4n) is 7.79. The normalized spacial score (nSPS) is 37.6. The fourth-order valence-corrected chi connectivity index (χ4v) is 7.79. The van der Waals surface area contributed by atoms with Crippen molar-refractivity contribution in [3.05, 3.63) is 13.0 Å². The molecule has 7 saturated carbocycles. The Bertz CT molecular complexity index is 781. The molecule has 52 heavy (non-hydrogen) atoms. The molecule has 302 valence electrons. The summed E-state index contributed by atoms with van der Waals surface area (Å²) in [6, 6.07) is 5.45. The van der Waals surface area contributed by atoms with Crippen LogP contribution in [0.3, 0.4) is 0 Å². The molecule has 7 aliphatic carbocycles. The molecule has 9 N–H and O–H groups in total. The van der Waals surface area contributed by atoms with Gasteiger partial charge < -0.3 is 44.5 Å². The van der Waals surface area contributed by atoms with Crippen molar-refractivity contribution in [3.8, 4) is 0 Å². The van der Waals surface area contributed by atoms with E-state index in [0.29, 0.717) is 12.1 Å². The maximum absolute atomic E-state index is 5.66. The predicted octanol–water partition coefficient (Wildman–Crippen LogP) is 4.45. The maximum atomic E-state index is 5.66. The van der Waals surface area contributed by atoms with Crippen LogP contribution < -0.4 is 38.1 Å². The molecule has 0 bridgehead atoms. The molecule has 4 aliphatic heterocycles. The van der Waals surface area contributed by atoms with Gasteiger partial charge in [-0.05, 0) is 133 Å². The Morgan fingerprint density at radius 1 is 0.615 bits per heavy atom. The standard InChI is InChI=1S/C8H13N.C7H13N.C6H11N.C5H9N.2C4H9N.C3H7N.8W/c1-5-2-7-4-9-8(7)3-6(1)5;1-2-6-4-5-8-7(6)3-1;7-6-2-4-1-5(4)3-6;1-2-6-5-3-4-5;1-2-4-3-5-4;5-4-2-1-3-4;1-3-2-4-3;;;;;;;;/h5-9H,1-4H2;6-8H,1-5H2;4-6H,1-3,7H2;2-3,5-6H,4H2,1H3;4-5H,2-3H2,1H3;4H,1-3,5H2;3-4H,2H2,1H3;;;;;;;;/q;;;-2;;;;;;;;;;;+2. The van der Waals surface area contributed by atoms with E-state index in [9.17, 15) is 0 Å². The molecule has 11 fully saturated rings. The van der Waals surface area contributed by atoms with E-state index in [-0.39, 0.29) is 169 Å². The van der Waals surface area contributed by atoms with Crippen molar-refractivity contribution in [3.63, 3.8) is 0 Å². The molecule has 0 radical (unpaired) electrons. The molecule has 4 heterocycles. The second kappa shape index (κ2) is 34.8. The number of nitrogens with two attached hydrogens (primary N) is 2. The summed E-state index contributed by atoms with van der Waals surface area (Å²) in [4.78, 5) is 0. The van der Waals surface area contributed by atoms with Crippen LogP contribution in [-0.2, 0) is 169 Å². The molecule has 11 unspecified atom stereocenters. The summed E-state index contributed by atoms with van der Waals surface area (Å²) in [5.74, 6) is 6.61. The Kier molecular flexibility index (Phi) is 42.7. The van der Waals surface area contributed by atoms with Crippen molar-refractivity contribution in [2.24, 2.45) is 47.0 Å².